The predicted molar refractivity (Wildman–Crippen MR) is 96.9 cm³/mol. The Labute approximate surface area is 139 Å². The van der Waals surface area contributed by atoms with Crippen molar-refractivity contribution in [1.29, 1.82) is 0 Å². The predicted octanol–water partition coefficient (Wildman–Crippen LogP) is 5.02. The summed E-state index contributed by atoms with van der Waals surface area (Å²) in [7, 11) is 0. The van der Waals surface area contributed by atoms with Gasteiger partial charge in [0, 0.05) is 11.9 Å². The van der Waals surface area contributed by atoms with Crippen LogP contribution in [0.1, 0.15) is 16.8 Å². The van der Waals surface area contributed by atoms with Crippen molar-refractivity contribution in [3.05, 3.63) is 65.5 Å². The first-order chi connectivity index (χ1) is 11.2. The minimum absolute atomic E-state index is 0.818. The highest BCUT2D eigenvalue weighted by molar-refractivity contribution is 7.98. The molecule has 4 rings (SSSR count). The number of nitrogens with one attached hydrogen (secondary N) is 1. The third-order valence-electron chi connectivity index (χ3n) is 4.06. The second-order valence-electron chi connectivity index (χ2n) is 5.78. The van der Waals surface area contributed by atoms with Crippen LogP contribution in [0.15, 0.2) is 53.8 Å². The molecule has 2 aromatic carbocycles. The molecule has 3 nitrogen and oxygen atoms in total. The standard InChI is InChI=1S/C19H17N3S/c1-12-7-8-15(20-10-12)11-23-19-21-17-9-14-5-3-4-6-16(14)13(2)18(17)22-19/h3-10H,11H2,1-2H3,(H,21,22). The van der Waals surface area contributed by atoms with E-state index in [1.54, 1.807) is 11.8 Å². The number of aryl methyl sites for hydroxylation is 2. The third-order valence-corrected chi connectivity index (χ3v) is 4.97. The first-order valence-electron chi connectivity index (χ1n) is 7.63. The molecule has 23 heavy (non-hydrogen) atoms. The minimum Gasteiger partial charge on any atom is -0.333 e. The van der Waals surface area contributed by atoms with Gasteiger partial charge in [-0.05, 0) is 47.9 Å². The zero-order valence-corrected chi connectivity index (χ0v) is 13.9. The Morgan fingerprint density at radius 1 is 1.09 bits per heavy atom. The third kappa shape index (κ3) is 2.70. The van der Waals surface area contributed by atoms with Crippen molar-refractivity contribution in [3.8, 4) is 0 Å². The van der Waals surface area contributed by atoms with Crippen LogP contribution in [0.5, 0.6) is 0 Å². The Balaban J connectivity index is 1.67. The molecule has 0 aliphatic rings. The molecule has 0 atom stereocenters. The first-order valence-corrected chi connectivity index (χ1v) is 8.62. The van der Waals surface area contributed by atoms with Gasteiger partial charge in [-0.1, -0.05) is 42.1 Å². The summed E-state index contributed by atoms with van der Waals surface area (Å²) < 4.78 is 0. The highest BCUT2D eigenvalue weighted by Gasteiger charge is 2.09. The molecule has 4 heteroatoms. The van der Waals surface area contributed by atoms with E-state index in [4.69, 9.17) is 4.98 Å². The fraction of sp³-hybridized carbons (Fsp3) is 0.158. The van der Waals surface area contributed by atoms with Crippen molar-refractivity contribution in [2.45, 2.75) is 24.8 Å². The van der Waals surface area contributed by atoms with Crippen LogP contribution in [0.25, 0.3) is 21.8 Å². The Morgan fingerprint density at radius 2 is 1.96 bits per heavy atom. The molecule has 0 saturated heterocycles. The number of H-pyrrole nitrogens is 1. The number of imidazole rings is 1. The van der Waals surface area contributed by atoms with Gasteiger partial charge in [0.25, 0.3) is 0 Å². The Morgan fingerprint density at radius 3 is 2.78 bits per heavy atom. The lowest BCUT2D eigenvalue weighted by Gasteiger charge is -2.02. The zero-order valence-electron chi connectivity index (χ0n) is 13.1. The van der Waals surface area contributed by atoms with Gasteiger partial charge in [0.05, 0.1) is 16.7 Å². The monoisotopic (exact) mass is 319 g/mol. The maximum absolute atomic E-state index is 4.77. The van der Waals surface area contributed by atoms with E-state index >= 15 is 0 Å². The molecular weight excluding hydrogens is 302 g/mol. The summed E-state index contributed by atoms with van der Waals surface area (Å²) in [6, 6.07) is 14.8. The normalized spacial score (nSPS) is 11.4. The number of hydrogen-bond donors (Lipinski definition) is 1. The SMILES string of the molecule is Cc1ccc(CSc2nc3c(C)c4ccccc4cc3[nH]2)nc1. The largest absolute Gasteiger partial charge is 0.333 e. The van der Waals surface area contributed by atoms with Crippen LogP contribution >= 0.6 is 11.8 Å². The number of benzene rings is 2. The van der Waals surface area contributed by atoms with Gasteiger partial charge in [-0.2, -0.15) is 0 Å². The molecule has 0 aliphatic carbocycles. The molecule has 2 heterocycles. The number of aromatic nitrogens is 3. The summed E-state index contributed by atoms with van der Waals surface area (Å²) >= 11 is 1.69. The number of fused-ring (bicyclic) bond motifs is 2. The average Bonchev–Trinajstić information content (AvgIpc) is 2.98. The molecule has 1 N–H and O–H groups in total. The topological polar surface area (TPSA) is 41.6 Å². The summed E-state index contributed by atoms with van der Waals surface area (Å²) in [4.78, 5) is 12.7. The van der Waals surface area contributed by atoms with Crippen LogP contribution in [0.4, 0.5) is 0 Å². The number of aromatic amines is 1. The smallest absolute Gasteiger partial charge is 0.166 e. The first kappa shape index (κ1) is 14.3. The summed E-state index contributed by atoms with van der Waals surface area (Å²) in [5, 5.41) is 3.46. The second-order valence-corrected chi connectivity index (χ2v) is 6.74. The van der Waals surface area contributed by atoms with Gasteiger partial charge >= 0.3 is 0 Å². The molecule has 2 aromatic heterocycles. The summed E-state index contributed by atoms with van der Waals surface area (Å²) in [6.07, 6.45) is 1.91. The van der Waals surface area contributed by atoms with Gasteiger partial charge in [0.15, 0.2) is 5.16 Å². The van der Waals surface area contributed by atoms with Crippen molar-refractivity contribution in [3.63, 3.8) is 0 Å². The van der Waals surface area contributed by atoms with E-state index in [0.29, 0.717) is 0 Å². The molecular formula is C19H17N3S. The molecule has 0 aliphatic heterocycles. The number of pyridine rings is 1. The molecule has 0 amide bonds. The molecule has 4 aromatic rings. The number of nitrogens with zero attached hydrogens (tertiary/aromatic N) is 2. The lowest BCUT2D eigenvalue weighted by Crippen LogP contribution is -1.87. The van der Waals surface area contributed by atoms with E-state index in [9.17, 15) is 0 Å². The average molecular weight is 319 g/mol. The molecule has 0 spiro atoms. The van der Waals surface area contributed by atoms with Crippen LogP contribution < -0.4 is 0 Å². The van der Waals surface area contributed by atoms with Crippen molar-refractivity contribution in [2.24, 2.45) is 0 Å². The lowest BCUT2D eigenvalue weighted by molar-refractivity contribution is 1.07. The van der Waals surface area contributed by atoms with Gasteiger partial charge in [-0.15, -0.1) is 0 Å². The highest BCUT2D eigenvalue weighted by atomic mass is 32.2. The van der Waals surface area contributed by atoms with Gasteiger partial charge in [0.1, 0.15) is 0 Å². The van der Waals surface area contributed by atoms with Crippen molar-refractivity contribution >= 4 is 33.6 Å². The number of rotatable bonds is 3. The van der Waals surface area contributed by atoms with E-state index in [0.717, 1.165) is 27.6 Å². The van der Waals surface area contributed by atoms with E-state index in [2.05, 4.69) is 66.3 Å². The van der Waals surface area contributed by atoms with Crippen molar-refractivity contribution < 1.29 is 0 Å². The number of thioether (sulfide) groups is 1. The molecule has 0 bridgehead atoms. The fourth-order valence-corrected chi connectivity index (χ4v) is 3.59. The quantitative estimate of drug-likeness (QED) is 0.539. The van der Waals surface area contributed by atoms with Crippen LogP contribution in [-0.2, 0) is 5.75 Å². The van der Waals surface area contributed by atoms with Crippen molar-refractivity contribution in [2.75, 3.05) is 0 Å². The van der Waals surface area contributed by atoms with Gasteiger partial charge < -0.3 is 4.98 Å². The maximum atomic E-state index is 4.77. The zero-order chi connectivity index (χ0) is 15.8. The molecule has 0 saturated carbocycles. The highest BCUT2D eigenvalue weighted by Crippen LogP contribution is 2.29. The number of hydrogen-bond acceptors (Lipinski definition) is 3. The minimum atomic E-state index is 0.818. The maximum Gasteiger partial charge on any atom is 0.166 e. The van der Waals surface area contributed by atoms with E-state index in [1.165, 1.54) is 21.9 Å². The molecule has 0 unspecified atom stereocenters. The van der Waals surface area contributed by atoms with Gasteiger partial charge in [0.2, 0.25) is 0 Å². The van der Waals surface area contributed by atoms with Gasteiger partial charge in [-0.3, -0.25) is 4.98 Å². The molecule has 0 fully saturated rings. The van der Waals surface area contributed by atoms with E-state index in [1.807, 2.05) is 6.20 Å². The van der Waals surface area contributed by atoms with Crippen LogP contribution in [-0.4, -0.2) is 15.0 Å². The summed E-state index contributed by atoms with van der Waals surface area (Å²) in [5.41, 5.74) is 5.64. The molecule has 0 radical (unpaired) electrons. The molecule has 114 valence electrons. The Bertz CT molecular complexity index is 987. The van der Waals surface area contributed by atoms with E-state index in [-0.39, 0.29) is 0 Å². The second kappa shape index (κ2) is 5.70. The van der Waals surface area contributed by atoms with Crippen LogP contribution in [0, 0.1) is 13.8 Å². The van der Waals surface area contributed by atoms with Crippen LogP contribution in [0.2, 0.25) is 0 Å². The van der Waals surface area contributed by atoms with Gasteiger partial charge in [-0.25, -0.2) is 4.98 Å². The lowest BCUT2D eigenvalue weighted by atomic mass is 10.0. The summed E-state index contributed by atoms with van der Waals surface area (Å²) in [5.74, 6) is 0.818. The fourth-order valence-electron chi connectivity index (χ4n) is 2.80. The summed E-state index contributed by atoms with van der Waals surface area (Å²) in [6.45, 7) is 4.19. The Hall–Kier alpha value is -2.33. The van der Waals surface area contributed by atoms with Crippen LogP contribution in [0.3, 0.4) is 0 Å². The Kier molecular flexibility index (Phi) is 3.54. The van der Waals surface area contributed by atoms with Crippen molar-refractivity contribution in [1.82, 2.24) is 15.0 Å². The van der Waals surface area contributed by atoms with E-state index < -0.39 is 0 Å².